The second-order valence-corrected chi connectivity index (χ2v) is 6.95. The van der Waals surface area contributed by atoms with Crippen LogP contribution in [0.2, 0.25) is 10.0 Å². The first kappa shape index (κ1) is 20.6. The molecule has 2 aromatic carbocycles. The number of carbonyl (C=O) groups is 1. The molecule has 1 amide bonds. The van der Waals surface area contributed by atoms with E-state index in [0.717, 1.165) is 16.5 Å². The first-order valence-corrected chi connectivity index (χ1v) is 9.36. The van der Waals surface area contributed by atoms with E-state index in [0.29, 0.717) is 28.2 Å². The number of carbonyl (C=O) groups excluding carboxylic acids is 1. The van der Waals surface area contributed by atoms with Gasteiger partial charge in [-0.05, 0) is 42.8 Å². The van der Waals surface area contributed by atoms with Crippen molar-refractivity contribution in [3.8, 4) is 11.5 Å². The molecule has 0 aliphatic carbocycles. The maximum absolute atomic E-state index is 11.8. The summed E-state index contributed by atoms with van der Waals surface area (Å²) in [7, 11) is 0. The zero-order valence-electron chi connectivity index (χ0n) is 14.0. The smallest absolute Gasteiger partial charge is 0.277 e. The Morgan fingerprint density at radius 3 is 2.69 bits per heavy atom. The lowest BCUT2D eigenvalue weighted by molar-refractivity contribution is -0.123. The molecule has 0 atom stereocenters. The molecular formula is C18H17BrCl2N2O3. The van der Waals surface area contributed by atoms with Crippen molar-refractivity contribution in [2.24, 2.45) is 5.10 Å². The minimum Gasteiger partial charge on any atom is -0.493 e. The van der Waals surface area contributed by atoms with Crippen molar-refractivity contribution >= 4 is 51.3 Å². The van der Waals surface area contributed by atoms with Crippen LogP contribution < -0.4 is 14.9 Å². The number of hydrazone groups is 1. The number of halogens is 3. The van der Waals surface area contributed by atoms with E-state index in [4.69, 9.17) is 32.7 Å². The Labute approximate surface area is 170 Å². The number of nitrogens with one attached hydrogen (secondary N) is 1. The summed E-state index contributed by atoms with van der Waals surface area (Å²) >= 11 is 15.2. The van der Waals surface area contributed by atoms with E-state index in [-0.39, 0.29) is 6.61 Å². The summed E-state index contributed by atoms with van der Waals surface area (Å²) in [5, 5.41) is 4.77. The van der Waals surface area contributed by atoms with Gasteiger partial charge in [-0.2, -0.15) is 5.10 Å². The lowest BCUT2D eigenvalue weighted by Gasteiger charge is -2.09. The molecule has 0 saturated heterocycles. The fraction of sp³-hybridized carbons (Fsp3) is 0.222. The molecule has 138 valence electrons. The van der Waals surface area contributed by atoms with Gasteiger partial charge in [0.25, 0.3) is 5.91 Å². The lowest BCUT2D eigenvalue weighted by Crippen LogP contribution is -2.24. The Morgan fingerprint density at radius 1 is 1.19 bits per heavy atom. The van der Waals surface area contributed by atoms with E-state index >= 15 is 0 Å². The highest BCUT2D eigenvalue weighted by Gasteiger charge is 2.06. The van der Waals surface area contributed by atoms with Crippen LogP contribution in [0.3, 0.4) is 0 Å². The fourth-order valence-corrected chi connectivity index (χ4v) is 2.75. The maximum Gasteiger partial charge on any atom is 0.277 e. The van der Waals surface area contributed by atoms with Gasteiger partial charge in [0.2, 0.25) is 0 Å². The predicted octanol–water partition coefficient (Wildman–Crippen LogP) is 5.07. The van der Waals surface area contributed by atoms with Crippen molar-refractivity contribution in [2.45, 2.75) is 13.3 Å². The maximum atomic E-state index is 11.8. The Bertz CT molecular complexity index is 800. The van der Waals surface area contributed by atoms with Crippen LogP contribution in [0.1, 0.15) is 18.9 Å². The van der Waals surface area contributed by atoms with Crippen molar-refractivity contribution < 1.29 is 14.3 Å². The number of hydrogen-bond donors (Lipinski definition) is 1. The van der Waals surface area contributed by atoms with E-state index < -0.39 is 5.91 Å². The van der Waals surface area contributed by atoms with Gasteiger partial charge < -0.3 is 9.47 Å². The molecule has 0 saturated carbocycles. The number of rotatable bonds is 8. The van der Waals surface area contributed by atoms with Crippen LogP contribution in [0.5, 0.6) is 11.5 Å². The molecule has 0 bridgehead atoms. The zero-order valence-corrected chi connectivity index (χ0v) is 17.1. The molecule has 0 heterocycles. The highest BCUT2D eigenvalue weighted by Crippen LogP contribution is 2.27. The first-order chi connectivity index (χ1) is 12.5. The molecule has 0 unspecified atom stereocenters. The molecule has 2 rings (SSSR count). The summed E-state index contributed by atoms with van der Waals surface area (Å²) in [5.74, 6) is 0.646. The molecular weight excluding hydrogens is 443 g/mol. The summed E-state index contributed by atoms with van der Waals surface area (Å²) in [6.07, 6.45) is 2.41. The summed E-state index contributed by atoms with van der Waals surface area (Å²) in [6, 6.07) is 10.3. The first-order valence-electron chi connectivity index (χ1n) is 7.81. The van der Waals surface area contributed by atoms with Gasteiger partial charge in [-0.1, -0.05) is 46.1 Å². The van der Waals surface area contributed by atoms with E-state index in [1.54, 1.807) is 18.2 Å². The number of ether oxygens (including phenoxy) is 2. The third kappa shape index (κ3) is 6.52. The molecule has 2 aromatic rings. The summed E-state index contributed by atoms with van der Waals surface area (Å²) in [5.41, 5.74) is 3.15. The minimum absolute atomic E-state index is 0.226. The van der Waals surface area contributed by atoms with Gasteiger partial charge in [-0.15, -0.1) is 0 Å². The molecule has 0 fully saturated rings. The van der Waals surface area contributed by atoms with Gasteiger partial charge in [0.05, 0.1) is 17.8 Å². The van der Waals surface area contributed by atoms with E-state index in [1.807, 2.05) is 25.1 Å². The van der Waals surface area contributed by atoms with E-state index in [9.17, 15) is 4.79 Å². The second-order valence-electron chi connectivity index (χ2n) is 5.19. The summed E-state index contributed by atoms with van der Waals surface area (Å²) in [6.45, 7) is 2.40. The van der Waals surface area contributed by atoms with Crippen LogP contribution in [-0.2, 0) is 4.79 Å². The monoisotopic (exact) mass is 458 g/mol. The number of amides is 1. The molecule has 1 N–H and O–H groups in total. The predicted molar refractivity (Wildman–Crippen MR) is 108 cm³/mol. The molecule has 0 aliphatic rings. The molecule has 0 spiro atoms. The number of hydrogen-bond acceptors (Lipinski definition) is 4. The number of nitrogens with zero attached hydrogens (tertiary/aromatic N) is 1. The van der Waals surface area contributed by atoms with Gasteiger partial charge in [-0.3, -0.25) is 4.79 Å². The average Bonchev–Trinajstić information content (AvgIpc) is 2.60. The van der Waals surface area contributed by atoms with Crippen LogP contribution in [0.25, 0.3) is 0 Å². The van der Waals surface area contributed by atoms with Gasteiger partial charge in [-0.25, -0.2) is 5.43 Å². The fourth-order valence-electron chi connectivity index (χ4n) is 1.91. The Balaban J connectivity index is 1.91. The lowest BCUT2D eigenvalue weighted by atomic mass is 10.2. The Kier molecular flexibility index (Phi) is 8.22. The third-order valence-electron chi connectivity index (χ3n) is 3.08. The van der Waals surface area contributed by atoms with Gasteiger partial charge in [0.15, 0.2) is 6.61 Å². The molecule has 8 heteroatoms. The van der Waals surface area contributed by atoms with Crippen molar-refractivity contribution in [2.75, 3.05) is 13.2 Å². The van der Waals surface area contributed by atoms with Gasteiger partial charge in [0, 0.05) is 15.1 Å². The number of benzene rings is 2. The molecule has 5 nitrogen and oxygen atoms in total. The van der Waals surface area contributed by atoms with Crippen LogP contribution in [0.4, 0.5) is 0 Å². The zero-order chi connectivity index (χ0) is 18.9. The van der Waals surface area contributed by atoms with Crippen LogP contribution in [0.15, 0.2) is 46.0 Å². The molecule has 26 heavy (non-hydrogen) atoms. The minimum atomic E-state index is -0.418. The highest BCUT2D eigenvalue weighted by molar-refractivity contribution is 9.10. The quantitative estimate of drug-likeness (QED) is 0.442. The van der Waals surface area contributed by atoms with Crippen molar-refractivity contribution in [3.63, 3.8) is 0 Å². The molecule has 0 aromatic heterocycles. The second kappa shape index (κ2) is 10.4. The van der Waals surface area contributed by atoms with Crippen LogP contribution in [0, 0.1) is 0 Å². The largest absolute Gasteiger partial charge is 0.493 e. The molecule has 0 aliphatic heterocycles. The van der Waals surface area contributed by atoms with Gasteiger partial charge >= 0.3 is 0 Å². The van der Waals surface area contributed by atoms with Crippen LogP contribution >= 0.6 is 39.1 Å². The topological polar surface area (TPSA) is 59.9 Å². The van der Waals surface area contributed by atoms with Crippen molar-refractivity contribution in [1.29, 1.82) is 0 Å². The van der Waals surface area contributed by atoms with Crippen molar-refractivity contribution in [3.05, 3.63) is 56.5 Å². The van der Waals surface area contributed by atoms with Crippen LogP contribution in [-0.4, -0.2) is 25.3 Å². The van der Waals surface area contributed by atoms with Gasteiger partial charge in [0.1, 0.15) is 11.5 Å². The molecule has 0 radical (unpaired) electrons. The normalized spacial score (nSPS) is 10.8. The average molecular weight is 460 g/mol. The van der Waals surface area contributed by atoms with Crippen molar-refractivity contribution in [1.82, 2.24) is 5.43 Å². The Hall–Kier alpha value is -1.76. The van der Waals surface area contributed by atoms with E-state index in [1.165, 1.54) is 6.21 Å². The SMILES string of the molecule is CCCOc1ccc(Br)cc1/C=N\NC(=O)COc1ccc(Cl)cc1Cl. The standard InChI is InChI=1S/C18H17BrCl2N2O3/c1-2-7-25-16-5-3-13(19)8-12(16)10-22-23-18(24)11-26-17-6-4-14(20)9-15(17)21/h3-6,8-10H,2,7,11H2,1H3,(H,23,24)/b22-10-. The summed E-state index contributed by atoms with van der Waals surface area (Å²) in [4.78, 5) is 11.8. The third-order valence-corrected chi connectivity index (χ3v) is 4.10. The summed E-state index contributed by atoms with van der Waals surface area (Å²) < 4.78 is 11.9. The van der Waals surface area contributed by atoms with E-state index in [2.05, 4.69) is 26.5 Å². The highest BCUT2D eigenvalue weighted by atomic mass is 79.9. The Morgan fingerprint density at radius 2 is 1.96 bits per heavy atom.